The summed E-state index contributed by atoms with van der Waals surface area (Å²) >= 11 is 0. The highest BCUT2D eigenvalue weighted by molar-refractivity contribution is 6.39. The molecular formula is C19H21N7O3. The smallest absolute Gasteiger partial charge is 0.270 e. The zero-order valence-corrected chi connectivity index (χ0v) is 15.9. The maximum absolute atomic E-state index is 13.1. The Morgan fingerprint density at radius 1 is 1.21 bits per heavy atom. The molecule has 0 bridgehead atoms. The number of hydrogen-bond acceptors (Lipinski definition) is 6. The van der Waals surface area contributed by atoms with E-state index >= 15 is 0 Å². The van der Waals surface area contributed by atoms with Crippen molar-refractivity contribution in [1.29, 1.82) is 0 Å². The molecule has 2 aliphatic rings. The summed E-state index contributed by atoms with van der Waals surface area (Å²) in [5, 5.41) is 13.9. The topological polar surface area (TPSA) is 132 Å². The van der Waals surface area contributed by atoms with Crippen LogP contribution in [0.4, 0.5) is 0 Å². The third kappa shape index (κ3) is 4.00. The third-order valence-corrected chi connectivity index (χ3v) is 5.00. The lowest BCUT2D eigenvalue weighted by Gasteiger charge is -2.24. The van der Waals surface area contributed by atoms with Gasteiger partial charge in [-0.05, 0) is 25.5 Å². The number of hydrogen-bond donors (Lipinski definition) is 3. The Morgan fingerprint density at radius 2 is 2.00 bits per heavy atom. The van der Waals surface area contributed by atoms with Gasteiger partial charge in [-0.2, -0.15) is 10.2 Å². The van der Waals surface area contributed by atoms with Crippen LogP contribution in [0.5, 0.6) is 0 Å². The Labute approximate surface area is 166 Å². The number of H-pyrrole nitrogens is 1. The summed E-state index contributed by atoms with van der Waals surface area (Å²) in [7, 11) is 0. The summed E-state index contributed by atoms with van der Waals surface area (Å²) in [5.74, 6) is 0.447. The summed E-state index contributed by atoms with van der Waals surface area (Å²) in [4.78, 5) is 42.9. The second-order valence-corrected chi connectivity index (χ2v) is 7.12. The first-order valence-corrected chi connectivity index (χ1v) is 9.42. The molecule has 3 N–H and O–H groups in total. The molecule has 1 fully saturated rings. The van der Waals surface area contributed by atoms with Crippen molar-refractivity contribution in [2.75, 3.05) is 6.54 Å². The highest BCUT2D eigenvalue weighted by Gasteiger charge is 2.40. The first-order chi connectivity index (χ1) is 14.0. The molecule has 29 heavy (non-hydrogen) atoms. The van der Waals surface area contributed by atoms with Gasteiger partial charge in [-0.25, -0.2) is 10.4 Å². The van der Waals surface area contributed by atoms with E-state index in [9.17, 15) is 14.4 Å². The van der Waals surface area contributed by atoms with E-state index in [1.165, 1.54) is 0 Å². The van der Waals surface area contributed by atoms with E-state index in [1.807, 2.05) is 6.07 Å². The number of aromatic amines is 1. The lowest BCUT2D eigenvalue weighted by Crippen LogP contribution is -2.42. The van der Waals surface area contributed by atoms with Gasteiger partial charge in [-0.3, -0.25) is 19.5 Å². The van der Waals surface area contributed by atoms with Crippen LogP contribution in [0.2, 0.25) is 0 Å². The molecule has 3 heterocycles. The Bertz CT molecular complexity index is 969. The molecule has 150 valence electrons. The molecule has 2 aliphatic heterocycles. The van der Waals surface area contributed by atoms with Gasteiger partial charge >= 0.3 is 0 Å². The fourth-order valence-electron chi connectivity index (χ4n) is 3.57. The van der Waals surface area contributed by atoms with Crippen molar-refractivity contribution in [1.82, 2.24) is 30.8 Å². The van der Waals surface area contributed by atoms with Gasteiger partial charge in [0.15, 0.2) is 5.82 Å². The summed E-state index contributed by atoms with van der Waals surface area (Å²) < 4.78 is 0. The SMILES string of the molecule is Cc1nc([C@@H]2C[C@H](NC(=O)c3ccccc3)CN2C(=O)C2=NNC(=O)CC2)n[nH]1. The first-order valence-electron chi connectivity index (χ1n) is 9.42. The van der Waals surface area contributed by atoms with Crippen molar-refractivity contribution in [3.8, 4) is 0 Å². The molecule has 0 radical (unpaired) electrons. The third-order valence-electron chi connectivity index (χ3n) is 5.00. The molecule has 2 aromatic rings. The fourth-order valence-corrected chi connectivity index (χ4v) is 3.57. The minimum absolute atomic E-state index is 0.197. The maximum atomic E-state index is 13.1. The van der Waals surface area contributed by atoms with Crippen molar-refractivity contribution in [3.63, 3.8) is 0 Å². The summed E-state index contributed by atoms with van der Waals surface area (Å²) in [5.41, 5.74) is 3.20. The van der Waals surface area contributed by atoms with Gasteiger partial charge in [0.1, 0.15) is 11.5 Å². The fraction of sp³-hybridized carbons (Fsp3) is 0.368. The number of amides is 3. The molecule has 0 saturated carbocycles. The van der Waals surface area contributed by atoms with Crippen molar-refractivity contribution in [3.05, 3.63) is 47.5 Å². The number of benzene rings is 1. The van der Waals surface area contributed by atoms with Crippen LogP contribution >= 0.6 is 0 Å². The molecule has 2 atom stereocenters. The molecule has 1 saturated heterocycles. The Balaban J connectivity index is 1.54. The first kappa shape index (κ1) is 18.8. The summed E-state index contributed by atoms with van der Waals surface area (Å²) in [6, 6.07) is 8.27. The summed E-state index contributed by atoms with van der Waals surface area (Å²) in [6.07, 6.45) is 0.986. The van der Waals surface area contributed by atoms with E-state index in [1.54, 1.807) is 36.1 Å². The van der Waals surface area contributed by atoms with Gasteiger partial charge in [0.25, 0.3) is 11.8 Å². The molecule has 4 rings (SSSR count). The largest absolute Gasteiger partial charge is 0.347 e. The van der Waals surface area contributed by atoms with Gasteiger partial charge in [-0.1, -0.05) is 18.2 Å². The van der Waals surface area contributed by atoms with Crippen molar-refractivity contribution in [2.45, 2.75) is 38.3 Å². The van der Waals surface area contributed by atoms with Crippen LogP contribution < -0.4 is 10.7 Å². The molecule has 3 amide bonds. The number of carbonyl (C=O) groups is 3. The number of nitrogens with zero attached hydrogens (tertiary/aromatic N) is 4. The Hall–Kier alpha value is -3.56. The molecule has 0 unspecified atom stereocenters. The number of likely N-dealkylation sites (tertiary alicyclic amines) is 1. The van der Waals surface area contributed by atoms with Crippen molar-refractivity contribution >= 4 is 23.4 Å². The van der Waals surface area contributed by atoms with E-state index in [4.69, 9.17) is 0 Å². The van der Waals surface area contributed by atoms with Crippen LogP contribution in [-0.2, 0) is 9.59 Å². The number of aromatic nitrogens is 3. The van der Waals surface area contributed by atoms with Crippen LogP contribution in [0.15, 0.2) is 35.4 Å². The predicted molar refractivity (Wildman–Crippen MR) is 103 cm³/mol. The number of nitrogens with one attached hydrogen (secondary N) is 3. The van der Waals surface area contributed by atoms with Crippen LogP contribution in [0, 0.1) is 6.92 Å². The van der Waals surface area contributed by atoms with E-state index in [0.717, 1.165) is 0 Å². The van der Waals surface area contributed by atoms with Crippen LogP contribution in [-0.4, -0.2) is 56.1 Å². The van der Waals surface area contributed by atoms with Gasteiger partial charge in [0.05, 0.1) is 6.04 Å². The standard InChI is InChI=1S/C19H21N7O3/c1-11-20-17(25-22-11)15-9-13(21-18(28)12-5-3-2-4-6-12)10-26(15)19(29)14-7-8-16(27)24-23-14/h2-6,13,15H,7-10H2,1H3,(H,21,28)(H,24,27)(H,20,22,25)/t13-,15-/m0/s1. The molecule has 10 heteroatoms. The van der Waals surface area contributed by atoms with Crippen LogP contribution in [0.1, 0.15) is 47.3 Å². The second-order valence-electron chi connectivity index (χ2n) is 7.12. The maximum Gasteiger partial charge on any atom is 0.270 e. The van der Waals surface area contributed by atoms with Gasteiger partial charge in [0.2, 0.25) is 5.91 Å². The van der Waals surface area contributed by atoms with Gasteiger partial charge < -0.3 is 10.2 Å². The average Bonchev–Trinajstić information content (AvgIpc) is 3.35. The predicted octanol–water partition coefficient (Wildman–Crippen LogP) is 0.451. The normalized spacial score (nSPS) is 21.5. The molecule has 1 aromatic heterocycles. The second kappa shape index (κ2) is 7.82. The minimum Gasteiger partial charge on any atom is -0.347 e. The van der Waals surface area contributed by atoms with Crippen molar-refractivity contribution < 1.29 is 14.4 Å². The average molecular weight is 395 g/mol. The highest BCUT2D eigenvalue weighted by atomic mass is 16.2. The zero-order valence-electron chi connectivity index (χ0n) is 15.9. The van der Waals surface area contributed by atoms with E-state index in [-0.39, 0.29) is 42.3 Å². The van der Waals surface area contributed by atoms with Crippen LogP contribution in [0.25, 0.3) is 0 Å². The van der Waals surface area contributed by atoms with Crippen molar-refractivity contribution in [2.24, 2.45) is 5.10 Å². The number of hydrazone groups is 1. The monoisotopic (exact) mass is 395 g/mol. The zero-order chi connectivity index (χ0) is 20.4. The number of aryl methyl sites for hydroxylation is 1. The Morgan fingerprint density at radius 3 is 2.66 bits per heavy atom. The Kier molecular flexibility index (Phi) is 5.07. The molecule has 0 spiro atoms. The molecule has 0 aliphatic carbocycles. The number of rotatable bonds is 4. The quantitative estimate of drug-likeness (QED) is 0.691. The number of carbonyl (C=O) groups excluding carboxylic acids is 3. The van der Waals surface area contributed by atoms with Crippen LogP contribution in [0.3, 0.4) is 0 Å². The van der Waals surface area contributed by atoms with E-state index < -0.39 is 6.04 Å². The molecular weight excluding hydrogens is 374 g/mol. The lowest BCUT2D eigenvalue weighted by molar-refractivity contribution is -0.125. The highest BCUT2D eigenvalue weighted by Crippen LogP contribution is 2.31. The van der Waals surface area contributed by atoms with Gasteiger partial charge in [-0.15, -0.1) is 0 Å². The van der Waals surface area contributed by atoms with E-state index in [2.05, 4.69) is 31.0 Å². The minimum atomic E-state index is -0.395. The summed E-state index contributed by atoms with van der Waals surface area (Å²) in [6.45, 7) is 2.09. The van der Waals surface area contributed by atoms with Gasteiger partial charge in [0, 0.05) is 31.0 Å². The lowest BCUT2D eigenvalue weighted by atomic mass is 10.1. The molecule has 1 aromatic carbocycles. The molecule has 10 nitrogen and oxygen atoms in total. The van der Waals surface area contributed by atoms with E-state index in [0.29, 0.717) is 30.2 Å².